The van der Waals surface area contributed by atoms with Gasteiger partial charge in [-0.3, -0.25) is 0 Å². The predicted octanol–water partition coefficient (Wildman–Crippen LogP) is 4.02. The molecule has 0 radical (unpaired) electrons. The van der Waals surface area contributed by atoms with Crippen molar-refractivity contribution in [3.8, 4) is 11.5 Å². The van der Waals surface area contributed by atoms with Crippen molar-refractivity contribution in [2.24, 2.45) is 0 Å². The topological polar surface area (TPSA) is 18.5 Å². The van der Waals surface area contributed by atoms with Crippen molar-refractivity contribution in [3.63, 3.8) is 0 Å². The lowest BCUT2D eigenvalue weighted by molar-refractivity contribution is 0.174. The van der Waals surface area contributed by atoms with E-state index in [4.69, 9.17) is 9.47 Å². The van der Waals surface area contributed by atoms with E-state index in [1.807, 2.05) is 6.07 Å². The second kappa shape index (κ2) is 4.44. The molecule has 3 rings (SSSR count). The second-order valence-corrected chi connectivity index (χ2v) is 4.83. The van der Waals surface area contributed by atoms with Crippen LogP contribution in [0.2, 0.25) is 0 Å². The van der Waals surface area contributed by atoms with Gasteiger partial charge in [0.1, 0.15) is 0 Å². The highest BCUT2D eigenvalue weighted by molar-refractivity contribution is 5.45. The van der Waals surface area contributed by atoms with Crippen LogP contribution in [0.3, 0.4) is 0 Å². The number of hydrogen-bond donors (Lipinski definition) is 0. The Morgan fingerprint density at radius 2 is 1.88 bits per heavy atom. The SMILES string of the molecule is CC=C1CCC(c2ccc3c(c2)OCO3)CC1. The summed E-state index contributed by atoms with van der Waals surface area (Å²) < 4.78 is 10.8. The van der Waals surface area contributed by atoms with Crippen molar-refractivity contribution >= 4 is 0 Å². The maximum Gasteiger partial charge on any atom is 0.231 e. The molecule has 2 aliphatic rings. The van der Waals surface area contributed by atoms with Gasteiger partial charge >= 0.3 is 0 Å². The average molecular weight is 230 g/mol. The fourth-order valence-corrected chi connectivity index (χ4v) is 2.78. The maximum atomic E-state index is 5.44. The van der Waals surface area contributed by atoms with Crippen molar-refractivity contribution in [1.82, 2.24) is 0 Å². The molecule has 0 saturated heterocycles. The van der Waals surface area contributed by atoms with Crippen molar-refractivity contribution in [3.05, 3.63) is 35.4 Å². The Labute approximate surface area is 102 Å². The summed E-state index contributed by atoms with van der Waals surface area (Å²) in [5, 5.41) is 0. The molecular weight excluding hydrogens is 212 g/mol. The summed E-state index contributed by atoms with van der Waals surface area (Å²) in [4.78, 5) is 0. The lowest BCUT2D eigenvalue weighted by Gasteiger charge is -2.24. The van der Waals surface area contributed by atoms with E-state index in [-0.39, 0.29) is 0 Å². The van der Waals surface area contributed by atoms with Gasteiger partial charge in [-0.1, -0.05) is 17.7 Å². The fraction of sp³-hybridized carbons (Fsp3) is 0.467. The third kappa shape index (κ3) is 2.04. The number of benzene rings is 1. The molecule has 90 valence electrons. The Bertz CT molecular complexity index is 438. The van der Waals surface area contributed by atoms with Gasteiger partial charge in [0.2, 0.25) is 6.79 Å². The molecule has 0 bridgehead atoms. The first kappa shape index (κ1) is 10.7. The third-order valence-corrected chi connectivity index (χ3v) is 3.90. The third-order valence-electron chi connectivity index (χ3n) is 3.90. The second-order valence-electron chi connectivity index (χ2n) is 4.83. The van der Waals surface area contributed by atoms with Crippen molar-refractivity contribution in [2.45, 2.75) is 38.5 Å². The molecule has 2 nitrogen and oxygen atoms in total. The van der Waals surface area contributed by atoms with E-state index < -0.39 is 0 Å². The van der Waals surface area contributed by atoms with E-state index in [0.29, 0.717) is 12.7 Å². The summed E-state index contributed by atoms with van der Waals surface area (Å²) in [5.74, 6) is 2.49. The van der Waals surface area contributed by atoms with E-state index in [1.165, 1.54) is 31.2 Å². The molecule has 0 spiro atoms. The van der Waals surface area contributed by atoms with E-state index in [2.05, 4.69) is 25.1 Å². The van der Waals surface area contributed by atoms with E-state index in [9.17, 15) is 0 Å². The smallest absolute Gasteiger partial charge is 0.231 e. The highest BCUT2D eigenvalue weighted by Crippen LogP contribution is 2.40. The summed E-state index contributed by atoms with van der Waals surface area (Å²) in [7, 11) is 0. The minimum Gasteiger partial charge on any atom is -0.454 e. The molecule has 0 N–H and O–H groups in total. The Hall–Kier alpha value is -1.44. The van der Waals surface area contributed by atoms with Crippen LogP contribution in [0.4, 0.5) is 0 Å². The van der Waals surface area contributed by atoms with Crippen LogP contribution in [0.15, 0.2) is 29.8 Å². The molecule has 17 heavy (non-hydrogen) atoms. The van der Waals surface area contributed by atoms with Gasteiger partial charge in [-0.25, -0.2) is 0 Å². The summed E-state index contributed by atoms with van der Waals surface area (Å²) in [6.07, 6.45) is 7.29. The van der Waals surface area contributed by atoms with Crippen molar-refractivity contribution in [2.75, 3.05) is 6.79 Å². The Morgan fingerprint density at radius 1 is 1.12 bits per heavy atom. The van der Waals surface area contributed by atoms with Gasteiger partial charge in [-0.15, -0.1) is 0 Å². The van der Waals surface area contributed by atoms with Gasteiger partial charge in [0.15, 0.2) is 11.5 Å². The molecule has 2 heteroatoms. The monoisotopic (exact) mass is 230 g/mol. The van der Waals surface area contributed by atoms with Gasteiger partial charge < -0.3 is 9.47 Å². The number of ether oxygens (including phenoxy) is 2. The fourth-order valence-electron chi connectivity index (χ4n) is 2.78. The van der Waals surface area contributed by atoms with Gasteiger partial charge in [-0.2, -0.15) is 0 Å². The molecule has 0 aromatic heterocycles. The minimum absolute atomic E-state index is 0.367. The van der Waals surface area contributed by atoms with Gasteiger partial charge in [-0.05, 0) is 56.2 Å². The summed E-state index contributed by atoms with van der Waals surface area (Å²) in [6.45, 7) is 2.52. The molecule has 1 aromatic rings. The standard InChI is InChI=1S/C15H18O2/c1-2-11-3-5-12(6-4-11)13-7-8-14-15(9-13)17-10-16-14/h2,7-9,12H,3-6,10H2,1H3. The molecule has 1 aliphatic heterocycles. The summed E-state index contributed by atoms with van der Waals surface area (Å²) in [6, 6.07) is 6.40. The summed E-state index contributed by atoms with van der Waals surface area (Å²) in [5.41, 5.74) is 3.02. The van der Waals surface area contributed by atoms with Gasteiger partial charge in [0.05, 0.1) is 0 Å². The highest BCUT2D eigenvalue weighted by Gasteiger charge is 2.21. The molecule has 0 unspecified atom stereocenters. The molecule has 1 aromatic carbocycles. The quantitative estimate of drug-likeness (QED) is 0.678. The highest BCUT2D eigenvalue weighted by atomic mass is 16.7. The van der Waals surface area contributed by atoms with Crippen LogP contribution < -0.4 is 9.47 Å². The van der Waals surface area contributed by atoms with Crippen LogP contribution in [-0.2, 0) is 0 Å². The molecule has 0 amide bonds. The zero-order valence-electron chi connectivity index (χ0n) is 10.2. The first-order valence-electron chi connectivity index (χ1n) is 6.40. The van der Waals surface area contributed by atoms with E-state index in [1.54, 1.807) is 5.57 Å². The molecule has 0 atom stereocenters. The number of fused-ring (bicyclic) bond motifs is 1. The van der Waals surface area contributed by atoms with Crippen LogP contribution >= 0.6 is 0 Å². The molecule has 1 aliphatic carbocycles. The zero-order valence-corrected chi connectivity index (χ0v) is 10.2. The normalized spacial score (nSPS) is 22.6. The molecule has 1 fully saturated rings. The largest absolute Gasteiger partial charge is 0.454 e. The molecule has 1 heterocycles. The van der Waals surface area contributed by atoms with Crippen LogP contribution in [0.5, 0.6) is 11.5 Å². The first-order valence-corrected chi connectivity index (χ1v) is 6.40. The maximum absolute atomic E-state index is 5.44. The van der Waals surface area contributed by atoms with Crippen LogP contribution in [0, 0.1) is 0 Å². The Kier molecular flexibility index (Phi) is 2.79. The van der Waals surface area contributed by atoms with Crippen LogP contribution in [0.1, 0.15) is 44.1 Å². The van der Waals surface area contributed by atoms with Crippen molar-refractivity contribution in [1.29, 1.82) is 0 Å². The van der Waals surface area contributed by atoms with Crippen LogP contribution in [-0.4, -0.2) is 6.79 Å². The van der Waals surface area contributed by atoms with Gasteiger partial charge in [0, 0.05) is 0 Å². The lowest BCUT2D eigenvalue weighted by Crippen LogP contribution is -2.06. The molecule has 1 saturated carbocycles. The number of rotatable bonds is 1. The van der Waals surface area contributed by atoms with Crippen molar-refractivity contribution < 1.29 is 9.47 Å². The minimum atomic E-state index is 0.367. The Balaban J connectivity index is 1.77. The number of allylic oxidation sites excluding steroid dienone is 2. The van der Waals surface area contributed by atoms with E-state index >= 15 is 0 Å². The predicted molar refractivity (Wildman–Crippen MR) is 67.5 cm³/mol. The average Bonchev–Trinajstić information content (AvgIpc) is 2.86. The molecular formula is C15H18O2. The lowest BCUT2D eigenvalue weighted by atomic mass is 9.81. The Morgan fingerprint density at radius 3 is 2.65 bits per heavy atom. The first-order chi connectivity index (χ1) is 8.36. The van der Waals surface area contributed by atoms with Gasteiger partial charge in [0.25, 0.3) is 0 Å². The van der Waals surface area contributed by atoms with E-state index in [0.717, 1.165) is 11.5 Å². The summed E-state index contributed by atoms with van der Waals surface area (Å²) >= 11 is 0. The van der Waals surface area contributed by atoms with Crippen LogP contribution in [0.25, 0.3) is 0 Å². The number of hydrogen-bond acceptors (Lipinski definition) is 2. The zero-order chi connectivity index (χ0) is 11.7.